The van der Waals surface area contributed by atoms with Gasteiger partial charge in [-0.25, -0.2) is 0 Å². The fraction of sp³-hybridized carbons (Fsp3) is 0.120. The van der Waals surface area contributed by atoms with Crippen LogP contribution in [0.2, 0.25) is 0 Å². The summed E-state index contributed by atoms with van der Waals surface area (Å²) < 4.78 is 6.67. The predicted octanol–water partition coefficient (Wildman–Crippen LogP) is 6.57. The van der Waals surface area contributed by atoms with E-state index in [2.05, 4.69) is 15.9 Å². The van der Waals surface area contributed by atoms with E-state index >= 15 is 0 Å². The topological polar surface area (TPSA) is 46.6 Å². The summed E-state index contributed by atoms with van der Waals surface area (Å²) >= 11 is 4.51. The highest BCUT2D eigenvalue weighted by Crippen LogP contribution is 2.35. The lowest BCUT2D eigenvalue weighted by Crippen LogP contribution is -2.27. The van der Waals surface area contributed by atoms with Gasteiger partial charge >= 0.3 is 0 Å². The van der Waals surface area contributed by atoms with Gasteiger partial charge in [0.05, 0.1) is 15.9 Å². The van der Waals surface area contributed by atoms with Crippen LogP contribution in [0.3, 0.4) is 0 Å². The summed E-state index contributed by atoms with van der Waals surface area (Å²) in [4.78, 5) is 26.9. The molecule has 1 heterocycles. The fourth-order valence-electron chi connectivity index (χ4n) is 3.24. The molecule has 0 aliphatic carbocycles. The summed E-state index contributed by atoms with van der Waals surface area (Å²) in [6, 6.07) is 23.4. The first-order valence-electron chi connectivity index (χ1n) is 9.77. The molecule has 0 saturated carbocycles. The number of hydrogen-bond acceptors (Lipinski definition) is 4. The van der Waals surface area contributed by atoms with Crippen molar-refractivity contribution in [3.8, 4) is 5.75 Å². The van der Waals surface area contributed by atoms with E-state index in [1.807, 2.05) is 79.7 Å². The largest absolute Gasteiger partial charge is 0.488 e. The molecule has 4 nitrogen and oxygen atoms in total. The van der Waals surface area contributed by atoms with Gasteiger partial charge in [-0.3, -0.25) is 14.5 Å². The van der Waals surface area contributed by atoms with Crippen LogP contribution in [-0.2, 0) is 17.9 Å². The Labute approximate surface area is 194 Å². The molecule has 4 rings (SSSR count). The zero-order chi connectivity index (χ0) is 21.8. The normalized spacial score (nSPS) is 15.0. The lowest BCUT2D eigenvalue weighted by Gasteiger charge is -2.12. The van der Waals surface area contributed by atoms with Gasteiger partial charge in [0.2, 0.25) is 0 Å². The highest BCUT2D eigenvalue weighted by atomic mass is 79.9. The van der Waals surface area contributed by atoms with E-state index in [0.29, 0.717) is 17.3 Å². The average molecular weight is 494 g/mol. The molecule has 3 aromatic carbocycles. The molecule has 2 amide bonds. The van der Waals surface area contributed by atoms with Crippen LogP contribution in [0.25, 0.3) is 6.08 Å². The quantitative estimate of drug-likeness (QED) is 0.364. The van der Waals surface area contributed by atoms with Crippen LogP contribution in [0.15, 0.2) is 82.2 Å². The average Bonchev–Trinajstić information content (AvgIpc) is 3.01. The molecule has 0 atom stereocenters. The third-order valence-corrected chi connectivity index (χ3v) is 6.31. The number of amides is 2. The zero-order valence-electron chi connectivity index (χ0n) is 16.9. The first-order valence-corrected chi connectivity index (χ1v) is 11.4. The van der Waals surface area contributed by atoms with Gasteiger partial charge in [-0.15, -0.1) is 0 Å². The lowest BCUT2D eigenvalue weighted by molar-refractivity contribution is -0.123. The van der Waals surface area contributed by atoms with Gasteiger partial charge in [0.25, 0.3) is 11.1 Å². The van der Waals surface area contributed by atoms with Crippen molar-refractivity contribution in [1.29, 1.82) is 0 Å². The van der Waals surface area contributed by atoms with E-state index in [1.54, 1.807) is 6.08 Å². The molecule has 0 spiro atoms. The maximum absolute atomic E-state index is 12.8. The van der Waals surface area contributed by atoms with Gasteiger partial charge in [-0.05, 0) is 69.5 Å². The van der Waals surface area contributed by atoms with E-state index in [9.17, 15) is 9.59 Å². The Kier molecular flexibility index (Phi) is 6.59. The Hall–Kier alpha value is -2.83. The molecule has 156 valence electrons. The molecule has 0 bridgehead atoms. The molecule has 1 saturated heterocycles. The number of thioether (sulfide) groups is 1. The number of carbonyl (C=O) groups excluding carboxylic acids is 2. The second-order valence-corrected chi connectivity index (χ2v) is 9.07. The number of carbonyl (C=O) groups is 2. The molecule has 1 aliphatic heterocycles. The Morgan fingerprint density at radius 1 is 0.968 bits per heavy atom. The Bertz CT molecular complexity index is 1160. The summed E-state index contributed by atoms with van der Waals surface area (Å²) in [5.74, 6) is 0.450. The van der Waals surface area contributed by atoms with Crippen molar-refractivity contribution in [1.82, 2.24) is 4.90 Å². The predicted molar refractivity (Wildman–Crippen MR) is 128 cm³/mol. The molecule has 1 aliphatic rings. The van der Waals surface area contributed by atoms with Gasteiger partial charge in [-0.1, -0.05) is 66.2 Å². The molecule has 6 heteroatoms. The Balaban J connectivity index is 1.46. The van der Waals surface area contributed by atoms with E-state index in [1.165, 1.54) is 4.90 Å². The van der Waals surface area contributed by atoms with E-state index in [4.69, 9.17) is 4.74 Å². The van der Waals surface area contributed by atoms with Crippen LogP contribution >= 0.6 is 27.7 Å². The van der Waals surface area contributed by atoms with Gasteiger partial charge in [-0.2, -0.15) is 0 Å². The number of halogens is 1. The van der Waals surface area contributed by atoms with Crippen molar-refractivity contribution < 1.29 is 14.3 Å². The summed E-state index contributed by atoms with van der Waals surface area (Å²) in [5, 5.41) is -0.250. The molecule has 3 aromatic rings. The molecule has 0 unspecified atom stereocenters. The van der Waals surface area contributed by atoms with Crippen LogP contribution < -0.4 is 4.74 Å². The monoisotopic (exact) mass is 493 g/mol. The molecular formula is C25H20BrNO3S. The summed E-state index contributed by atoms with van der Waals surface area (Å²) in [6.07, 6.45) is 1.74. The van der Waals surface area contributed by atoms with Crippen molar-refractivity contribution in [2.45, 2.75) is 20.1 Å². The second kappa shape index (κ2) is 9.54. The third-order valence-electron chi connectivity index (χ3n) is 4.79. The molecule has 1 fully saturated rings. The summed E-state index contributed by atoms with van der Waals surface area (Å²) in [7, 11) is 0. The van der Waals surface area contributed by atoms with Gasteiger partial charge in [0.1, 0.15) is 12.4 Å². The van der Waals surface area contributed by atoms with Crippen molar-refractivity contribution in [3.05, 3.63) is 104 Å². The lowest BCUT2D eigenvalue weighted by atomic mass is 10.1. The number of ether oxygens (including phenoxy) is 1. The zero-order valence-corrected chi connectivity index (χ0v) is 19.3. The number of hydrogen-bond donors (Lipinski definition) is 0. The second-order valence-electron chi connectivity index (χ2n) is 7.22. The highest BCUT2D eigenvalue weighted by Gasteiger charge is 2.35. The Morgan fingerprint density at radius 3 is 2.48 bits per heavy atom. The number of imide groups is 1. The fourth-order valence-corrected chi connectivity index (χ4v) is 4.59. The number of benzene rings is 3. The standard InChI is InChI=1S/C25H20BrNO3S/c1-17-6-5-9-20(12-17)15-27-24(28)23(31-25(27)29)14-19-10-11-22(21(26)13-19)30-16-18-7-3-2-4-8-18/h2-14H,15-16H2,1H3/b23-14+. The van der Waals surface area contributed by atoms with Gasteiger partial charge in [0, 0.05) is 0 Å². The van der Waals surface area contributed by atoms with Crippen LogP contribution in [0.1, 0.15) is 22.3 Å². The minimum atomic E-state index is -0.267. The highest BCUT2D eigenvalue weighted by molar-refractivity contribution is 9.10. The third kappa shape index (κ3) is 5.27. The van der Waals surface area contributed by atoms with Crippen molar-refractivity contribution in [2.75, 3.05) is 0 Å². The number of rotatable bonds is 6. The van der Waals surface area contributed by atoms with Crippen molar-refractivity contribution in [2.24, 2.45) is 0 Å². The molecular weight excluding hydrogens is 474 g/mol. The van der Waals surface area contributed by atoms with E-state index in [0.717, 1.165) is 38.5 Å². The van der Waals surface area contributed by atoms with Crippen LogP contribution in [0.5, 0.6) is 5.75 Å². The van der Waals surface area contributed by atoms with E-state index in [-0.39, 0.29) is 17.7 Å². The van der Waals surface area contributed by atoms with Crippen molar-refractivity contribution >= 4 is 44.9 Å². The molecule has 31 heavy (non-hydrogen) atoms. The van der Waals surface area contributed by atoms with Crippen LogP contribution in [-0.4, -0.2) is 16.0 Å². The molecule has 0 N–H and O–H groups in total. The van der Waals surface area contributed by atoms with Crippen LogP contribution in [0, 0.1) is 6.92 Å². The molecule has 0 radical (unpaired) electrons. The first kappa shape index (κ1) is 21.4. The van der Waals surface area contributed by atoms with Gasteiger partial charge < -0.3 is 4.74 Å². The maximum atomic E-state index is 12.8. The number of nitrogens with zero attached hydrogens (tertiary/aromatic N) is 1. The minimum absolute atomic E-state index is 0.250. The maximum Gasteiger partial charge on any atom is 0.293 e. The van der Waals surface area contributed by atoms with Gasteiger partial charge in [0.15, 0.2) is 0 Å². The Morgan fingerprint density at radius 2 is 1.74 bits per heavy atom. The minimum Gasteiger partial charge on any atom is -0.488 e. The van der Waals surface area contributed by atoms with E-state index < -0.39 is 0 Å². The summed E-state index contributed by atoms with van der Waals surface area (Å²) in [6.45, 7) is 2.73. The smallest absolute Gasteiger partial charge is 0.293 e. The summed E-state index contributed by atoms with van der Waals surface area (Å²) in [5.41, 5.74) is 3.94. The number of aryl methyl sites for hydroxylation is 1. The van der Waals surface area contributed by atoms with Crippen LogP contribution in [0.4, 0.5) is 4.79 Å². The molecule has 0 aromatic heterocycles. The first-order chi connectivity index (χ1) is 15.0. The van der Waals surface area contributed by atoms with Crippen molar-refractivity contribution in [3.63, 3.8) is 0 Å². The SMILES string of the molecule is Cc1cccc(CN2C(=O)S/C(=C/c3ccc(OCc4ccccc4)c(Br)c3)C2=O)c1.